The van der Waals surface area contributed by atoms with E-state index in [1.54, 1.807) is 0 Å². The van der Waals surface area contributed by atoms with Gasteiger partial charge in [-0.1, -0.05) is 30.4 Å². The minimum atomic E-state index is -0.195. The zero-order valence-corrected chi connectivity index (χ0v) is 8.54. The van der Waals surface area contributed by atoms with Crippen molar-refractivity contribution in [2.75, 3.05) is 0 Å². The van der Waals surface area contributed by atoms with Crippen LogP contribution in [0.2, 0.25) is 0 Å². The first-order valence-electron chi connectivity index (χ1n) is 4.64. The Hall–Kier alpha value is -1.41. The van der Waals surface area contributed by atoms with Crippen molar-refractivity contribution in [3.63, 3.8) is 0 Å². The zero-order chi connectivity index (χ0) is 9.38. The molecule has 70 valence electrons. The number of aromatic amines is 1. The standard InChI is InChI=1S/C12H11NS/c1-2-6-11-10(5-1)12(9-13-11)14-7-3-4-8-14/h1-9,13-14H. The summed E-state index contributed by atoms with van der Waals surface area (Å²) in [6, 6.07) is 8.47. The number of H-pyrrole nitrogens is 1. The average molecular weight is 201 g/mol. The second kappa shape index (κ2) is 3.07. The van der Waals surface area contributed by atoms with Crippen LogP contribution in [0.3, 0.4) is 0 Å². The van der Waals surface area contributed by atoms with Crippen LogP contribution < -0.4 is 0 Å². The Morgan fingerprint density at radius 3 is 2.64 bits per heavy atom. The minimum absolute atomic E-state index is 0.195. The molecule has 0 aliphatic carbocycles. The summed E-state index contributed by atoms with van der Waals surface area (Å²) in [6.45, 7) is 0. The molecule has 0 amide bonds. The molecule has 1 aromatic carbocycles. The molecule has 1 aromatic heterocycles. The van der Waals surface area contributed by atoms with E-state index in [1.807, 2.05) is 0 Å². The van der Waals surface area contributed by atoms with E-state index in [0.717, 1.165) is 0 Å². The van der Waals surface area contributed by atoms with Gasteiger partial charge in [0.05, 0.1) is 0 Å². The topological polar surface area (TPSA) is 15.8 Å². The van der Waals surface area contributed by atoms with E-state index in [2.05, 4.69) is 58.4 Å². The Kier molecular flexibility index (Phi) is 1.74. The lowest BCUT2D eigenvalue weighted by Gasteiger charge is -2.07. The molecule has 1 nitrogen and oxygen atoms in total. The van der Waals surface area contributed by atoms with Gasteiger partial charge in [-0.15, -0.1) is 0 Å². The highest BCUT2D eigenvalue weighted by Gasteiger charge is 2.08. The first kappa shape index (κ1) is 7.94. The van der Waals surface area contributed by atoms with Crippen molar-refractivity contribution in [3.05, 3.63) is 53.4 Å². The monoisotopic (exact) mass is 201 g/mol. The van der Waals surface area contributed by atoms with Gasteiger partial charge in [0.25, 0.3) is 0 Å². The van der Waals surface area contributed by atoms with E-state index >= 15 is 0 Å². The molecule has 0 fully saturated rings. The number of para-hydroxylation sites is 1. The minimum Gasteiger partial charge on any atom is -0.360 e. The van der Waals surface area contributed by atoms with E-state index in [-0.39, 0.29) is 10.9 Å². The molecule has 1 aliphatic rings. The summed E-state index contributed by atoms with van der Waals surface area (Å²) in [7, 11) is -0.195. The van der Waals surface area contributed by atoms with Gasteiger partial charge in [-0.25, -0.2) is 0 Å². The normalized spacial score (nSPS) is 17.0. The summed E-state index contributed by atoms with van der Waals surface area (Å²) in [4.78, 5) is 4.74. The first-order chi connectivity index (χ1) is 6.95. The summed E-state index contributed by atoms with van der Waals surface area (Å²) < 4.78 is 0. The van der Waals surface area contributed by atoms with Crippen LogP contribution >= 0.6 is 10.9 Å². The molecule has 0 bridgehead atoms. The Morgan fingerprint density at radius 1 is 1.00 bits per heavy atom. The van der Waals surface area contributed by atoms with E-state index < -0.39 is 0 Å². The van der Waals surface area contributed by atoms with Gasteiger partial charge >= 0.3 is 0 Å². The molecule has 3 rings (SSSR count). The molecule has 1 N–H and O–H groups in total. The third-order valence-electron chi connectivity index (χ3n) is 2.45. The summed E-state index contributed by atoms with van der Waals surface area (Å²) in [5, 5.41) is 5.92. The van der Waals surface area contributed by atoms with Crippen molar-refractivity contribution in [2.24, 2.45) is 0 Å². The predicted molar refractivity (Wildman–Crippen MR) is 63.8 cm³/mol. The molecule has 2 heterocycles. The van der Waals surface area contributed by atoms with Gasteiger partial charge in [0.15, 0.2) is 0 Å². The molecular formula is C12H11NS. The number of thiol groups is 1. The van der Waals surface area contributed by atoms with Crippen LogP contribution in [0, 0.1) is 0 Å². The molecule has 0 spiro atoms. The zero-order valence-electron chi connectivity index (χ0n) is 7.64. The third-order valence-corrected chi connectivity index (χ3v) is 4.36. The summed E-state index contributed by atoms with van der Waals surface area (Å²) >= 11 is 0. The average Bonchev–Trinajstić information content (AvgIpc) is 2.85. The van der Waals surface area contributed by atoms with Crippen molar-refractivity contribution in [1.29, 1.82) is 0 Å². The molecule has 1 aliphatic heterocycles. The van der Waals surface area contributed by atoms with Crippen molar-refractivity contribution >= 4 is 21.8 Å². The molecule has 2 aromatic rings. The molecule has 0 radical (unpaired) electrons. The highest BCUT2D eigenvalue weighted by atomic mass is 32.2. The highest BCUT2D eigenvalue weighted by molar-refractivity contribution is 8.22. The molecule has 0 saturated carbocycles. The number of fused-ring (bicyclic) bond motifs is 1. The molecular weight excluding hydrogens is 190 g/mol. The van der Waals surface area contributed by atoms with E-state index in [4.69, 9.17) is 0 Å². The largest absolute Gasteiger partial charge is 0.360 e. The van der Waals surface area contributed by atoms with Crippen LogP contribution in [0.25, 0.3) is 10.9 Å². The van der Waals surface area contributed by atoms with Gasteiger partial charge in [0, 0.05) is 22.0 Å². The first-order valence-corrected chi connectivity index (χ1v) is 6.12. The summed E-state index contributed by atoms with van der Waals surface area (Å²) in [5.74, 6) is 0. The van der Waals surface area contributed by atoms with E-state index in [0.29, 0.717) is 0 Å². The fraction of sp³-hybridized carbons (Fsp3) is 0. The van der Waals surface area contributed by atoms with Gasteiger partial charge in [-0.2, -0.15) is 10.9 Å². The van der Waals surface area contributed by atoms with Crippen LogP contribution in [0.1, 0.15) is 0 Å². The highest BCUT2D eigenvalue weighted by Crippen LogP contribution is 2.45. The quantitative estimate of drug-likeness (QED) is 0.656. The van der Waals surface area contributed by atoms with E-state index in [1.165, 1.54) is 15.8 Å². The van der Waals surface area contributed by atoms with Crippen LogP contribution in [-0.2, 0) is 0 Å². The van der Waals surface area contributed by atoms with Crippen molar-refractivity contribution in [1.82, 2.24) is 4.98 Å². The smallest absolute Gasteiger partial charge is 0.0465 e. The second-order valence-electron chi connectivity index (χ2n) is 3.31. The Bertz CT molecular complexity index is 510. The maximum atomic E-state index is 3.31. The number of hydrogen-bond donors (Lipinski definition) is 2. The van der Waals surface area contributed by atoms with Crippen LogP contribution in [0.4, 0.5) is 0 Å². The van der Waals surface area contributed by atoms with Gasteiger partial charge in [-0.3, -0.25) is 0 Å². The van der Waals surface area contributed by atoms with Crippen molar-refractivity contribution in [2.45, 2.75) is 4.90 Å². The SMILES string of the molecule is C1=C[SH](c2c[nH]c3ccccc23)C=C1. The lowest BCUT2D eigenvalue weighted by Crippen LogP contribution is -1.70. The van der Waals surface area contributed by atoms with Crippen LogP contribution in [0.15, 0.2) is 58.3 Å². The fourth-order valence-electron chi connectivity index (χ4n) is 1.76. The molecule has 2 heteroatoms. The molecule has 0 unspecified atom stereocenters. The molecule has 0 saturated heterocycles. The van der Waals surface area contributed by atoms with Gasteiger partial charge in [0.1, 0.15) is 0 Å². The number of aromatic nitrogens is 1. The maximum Gasteiger partial charge on any atom is 0.0465 e. The van der Waals surface area contributed by atoms with Crippen LogP contribution in [0.5, 0.6) is 0 Å². The van der Waals surface area contributed by atoms with Gasteiger partial charge in [0.2, 0.25) is 0 Å². The Morgan fingerprint density at radius 2 is 1.79 bits per heavy atom. The van der Waals surface area contributed by atoms with Crippen molar-refractivity contribution < 1.29 is 0 Å². The van der Waals surface area contributed by atoms with Crippen LogP contribution in [-0.4, -0.2) is 4.98 Å². The van der Waals surface area contributed by atoms with Crippen molar-refractivity contribution in [3.8, 4) is 0 Å². The number of nitrogens with one attached hydrogen (secondary N) is 1. The number of hydrogen-bond acceptors (Lipinski definition) is 0. The third kappa shape index (κ3) is 1.11. The second-order valence-corrected chi connectivity index (χ2v) is 5.20. The lowest BCUT2D eigenvalue weighted by atomic mass is 10.2. The fourth-order valence-corrected chi connectivity index (χ4v) is 3.44. The Balaban J connectivity index is 2.21. The Labute approximate surface area is 85.5 Å². The van der Waals surface area contributed by atoms with Gasteiger partial charge < -0.3 is 4.98 Å². The number of rotatable bonds is 1. The summed E-state index contributed by atoms with van der Waals surface area (Å²) in [6.07, 6.45) is 6.40. The maximum absolute atomic E-state index is 3.31. The number of allylic oxidation sites excluding steroid dienone is 2. The predicted octanol–water partition coefficient (Wildman–Crippen LogP) is 3.57. The molecule has 14 heavy (non-hydrogen) atoms. The van der Waals surface area contributed by atoms with E-state index in [9.17, 15) is 0 Å². The van der Waals surface area contributed by atoms with Gasteiger partial charge in [-0.05, 0) is 16.9 Å². The summed E-state index contributed by atoms with van der Waals surface area (Å²) in [5.41, 5.74) is 1.23. The lowest BCUT2D eigenvalue weighted by molar-refractivity contribution is 1.42. The molecule has 0 atom stereocenters. The number of benzene rings is 1.